The number of hydrogen-bond donors (Lipinski definition) is 0. The summed E-state index contributed by atoms with van der Waals surface area (Å²) in [7, 11) is 0. The van der Waals surface area contributed by atoms with E-state index in [1.807, 2.05) is 0 Å². The van der Waals surface area contributed by atoms with E-state index in [4.69, 9.17) is 15.9 Å². The fourth-order valence-electron chi connectivity index (χ4n) is 0.906. The van der Waals surface area contributed by atoms with Crippen LogP contribution in [-0.2, 0) is 25.3 Å². The van der Waals surface area contributed by atoms with E-state index in [-0.39, 0.29) is 18.1 Å². The van der Waals surface area contributed by atoms with Crippen LogP contribution >= 0.6 is 0 Å². The van der Waals surface area contributed by atoms with Crippen molar-refractivity contribution in [3.05, 3.63) is 0 Å². The first-order valence-electron chi connectivity index (χ1n) is 3.30. The van der Waals surface area contributed by atoms with E-state index >= 15 is 0 Å². The minimum Gasteiger partial charge on any atom is -0.352 e. The van der Waals surface area contributed by atoms with E-state index in [1.54, 1.807) is 0 Å². The van der Waals surface area contributed by atoms with Gasteiger partial charge in [-0.25, -0.2) is 0 Å². The SMILES string of the molecule is C#CCC([S+]=O)C1COCO1. The molecule has 0 aromatic carbocycles. The molecule has 60 valence electrons. The summed E-state index contributed by atoms with van der Waals surface area (Å²) < 4.78 is 20.6. The van der Waals surface area contributed by atoms with Gasteiger partial charge in [0.2, 0.25) is 0 Å². The molecule has 0 spiro atoms. The first-order valence-corrected chi connectivity index (χ1v) is 4.10. The largest absolute Gasteiger partial charge is 0.466 e. The number of ether oxygens (including phenoxy) is 2. The molecule has 11 heavy (non-hydrogen) atoms. The molecule has 0 radical (unpaired) electrons. The monoisotopic (exact) mass is 173 g/mol. The molecule has 3 nitrogen and oxygen atoms in total. The summed E-state index contributed by atoms with van der Waals surface area (Å²) >= 11 is 0.494. The summed E-state index contributed by atoms with van der Waals surface area (Å²) in [5, 5.41) is -0.164. The Balaban J connectivity index is 2.41. The van der Waals surface area contributed by atoms with Crippen LogP contribution in [0.3, 0.4) is 0 Å². The lowest BCUT2D eigenvalue weighted by Crippen LogP contribution is -2.26. The van der Waals surface area contributed by atoms with Gasteiger partial charge in [0.15, 0.2) is 0 Å². The van der Waals surface area contributed by atoms with Gasteiger partial charge in [-0.3, -0.25) is 0 Å². The topological polar surface area (TPSA) is 35.5 Å². The van der Waals surface area contributed by atoms with Crippen LogP contribution in [0.5, 0.6) is 0 Å². The average Bonchev–Trinajstić information content (AvgIpc) is 2.52. The maximum Gasteiger partial charge on any atom is 0.466 e. The number of rotatable bonds is 3. The minimum absolute atomic E-state index is 0.117. The third kappa shape index (κ3) is 2.22. The van der Waals surface area contributed by atoms with Crippen molar-refractivity contribution < 1.29 is 13.7 Å². The lowest BCUT2D eigenvalue weighted by Gasteiger charge is -2.02. The summed E-state index contributed by atoms with van der Waals surface area (Å²) in [6.45, 7) is 0.772. The lowest BCUT2D eigenvalue weighted by atomic mass is 10.2. The molecule has 0 N–H and O–H groups in total. The zero-order valence-corrected chi connectivity index (χ0v) is 6.80. The Morgan fingerprint density at radius 3 is 3.09 bits per heavy atom. The Bertz CT molecular complexity index is 169. The fraction of sp³-hybridized carbons (Fsp3) is 0.714. The Kier molecular flexibility index (Phi) is 3.43. The molecule has 1 aliphatic heterocycles. The molecule has 0 aromatic rings. The van der Waals surface area contributed by atoms with Crippen molar-refractivity contribution in [2.24, 2.45) is 0 Å². The van der Waals surface area contributed by atoms with Crippen molar-refractivity contribution in [2.75, 3.05) is 13.4 Å². The smallest absolute Gasteiger partial charge is 0.352 e. The van der Waals surface area contributed by atoms with Gasteiger partial charge < -0.3 is 9.47 Å². The summed E-state index contributed by atoms with van der Waals surface area (Å²) in [6, 6.07) is 0. The average molecular weight is 173 g/mol. The van der Waals surface area contributed by atoms with Gasteiger partial charge in [-0.2, -0.15) is 0 Å². The Labute approximate surface area is 69.6 Å². The van der Waals surface area contributed by atoms with Crippen LogP contribution in [0.4, 0.5) is 0 Å². The third-order valence-corrected chi connectivity index (χ3v) is 2.22. The molecular weight excluding hydrogens is 164 g/mol. The van der Waals surface area contributed by atoms with Crippen LogP contribution in [0, 0.1) is 12.3 Å². The van der Waals surface area contributed by atoms with Crippen molar-refractivity contribution in [1.82, 2.24) is 0 Å². The molecule has 1 rings (SSSR count). The first-order chi connectivity index (χ1) is 5.38. The molecule has 0 aromatic heterocycles. The van der Waals surface area contributed by atoms with Gasteiger partial charge in [0, 0.05) is 4.21 Å². The molecular formula is C7H9O3S+. The number of hydrogen-bond acceptors (Lipinski definition) is 3. The molecule has 1 saturated heterocycles. The highest BCUT2D eigenvalue weighted by molar-refractivity contribution is 7.66. The van der Waals surface area contributed by atoms with Crippen molar-refractivity contribution >= 4 is 11.7 Å². The molecule has 4 heteroatoms. The standard InChI is InChI=1S/C7H9O3S/c1-2-3-7(11-8)6-4-9-5-10-6/h1,6-7H,3-5H2/q+1. The second-order valence-corrected chi connectivity index (χ2v) is 3.03. The summed E-state index contributed by atoms with van der Waals surface area (Å²) in [6.07, 6.45) is 5.40. The van der Waals surface area contributed by atoms with Crippen molar-refractivity contribution in [3.63, 3.8) is 0 Å². The van der Waals surface area contributed by atoms with E-state index in [2.05, 4.69) is 5.92 Å². The maximum absolute atomic E-state index is 10.5. The summed E-state index contributed by atoms with van der Waals surface area (Å²) in [4.78, 5) is 0. The van der Waals surface area contributed by atoms with Gasteiger partial charge in [0.25, 0.3) is 5.25 Å². The molecule has 0 saturated carbocycles. The highest BCUT2D eigenvalue weighted by Gasteiger charge is 2.35. The fourth-order valence-corrected chi connectivity index (χ4v) is 1.35. The van der Waals surface area contributed by atoms with E-state index in [0.29, 0.717) is 24.7 Å². The predicted octanol–water partition coefficient (Wildman–Crippen LogP) is 0.179. The molecule has 1 aliphatic rings. The van der Waals surface area contributed by atoms with Gasteiger partial charge >= 0.3 is 11.7 Å². The molecule has 1 fully saturated rings. The van der Waals surface area contributed by atoms with Gasteiger partial charge in [-0.05, 0) is 0 Å². The first kappa shape index (κ1) is 8.60. The van der Waals surface area contributed by atoms with Crippen molar-refractivity contribution in [1.29, 1.82) is 0 Å². The van der Waals surface area contributed by atoms with Crippen LogP contribution in [0.1, 0.15) is 6.42 Å². The van der Waals surface area contributed by atoms with E-state index < -0.39 is 0 Å². The molecule has 2 unspecified atom stereocenters. The molecule has 0 aliphatic carbocycles. The summed E-state index contributed by atoms with van der Waals surface area (Å²) in [5.41, 5.74) is 0. The third-order valence-electron chi connectivity index (χ3n) is 1.50. The summed E-state index contributed by atoms with van der Waals surface area (Å²) in [5.74, 6) is 2.44. The van der Waals surface area contributed by atoms with E-state index in [1.165, 1.54) is 0 Å². The van der Waals surface area contributed by atoms with Gasteiger partial charge in [-0.1, -0.05) is 0 Å². The minimum atomic E-state index is -0.164. The van der Waals surface area contributed by atoms with Gasteiger partial charge in [0.05, 0.1) is 13.0 Å². The zero-order valence-electron chi connectivity index (χ0n) is 5.99. The second-order valence-electron chi connectivity index (χ2n) is 2.24. The van der Waals surface area contributed by atoms with Crippen molar-refractivity contribution in [3.8, 4) is 12.3 Å². The van der Waals surface area contributed by atoms with Gasteiger partial charge in [0.1, 0.15) is 12.9 Å². The molecule has 1 heterocycles. The van der Waals surface area contributed by atoms with E-state index in [0.717, 1.165) is 0 Å². The normalized spacial score (nSPS) is 25.9. The quantitative estimate of drug-likeness (QED) is 0.451. The maximum atomic E-state index is 10.5. The Morgan fingerprint density at radius 2 is 2.64 bits per heavy atom. The van der Waals surface area contributed by atoms with Crippen molar-refractivity contribution in [2.45, 2.75) is 17.8 Å². The van der Waals surface area contributed by atoms with Gasteiger partial charge in [-0.15, -0.1) is 12.3 Å². The molecule has 0 bridgehead atoms. The molecule has 0 amide bonds. The van der Waals surface area contributed by atoms with Crippen LogP contribution in [0.25, 0.3) is 0 Å². The van der Waals surface area contributed by atoms with E-state index in [9.17, 15) is 4.21 Å². The highest BCUT2D eigenvalue weighted by Crippen LogP contribution is 2.11. The van der Waals surface area contributed by atoms with Crippen LogP contribution in [0.2, 0.25) is 0 Å². The lowest BCUT2D eigenvalue weighted by molar-refractivity contribution is 0.0464. The molecule has 2 atom stereocenters. The zero-order chi connectivity index (χ0) is 8.10. The van der Waals surface area contributed by atoms with Crippen LogP contribution in [0.15, 0.2) is 0 Å². The predicted molar refractivity (Wildman–Crippen MR) is 41.0 cm³/mol. The second kappa shape index (κ2) is 4.39. The van der Waals surface area contributed by atoms with Crippen LogP contribution in [-0.4, -0.2) is 24.8 Å². The van der Waals surface area contributed by atoms with Crippen LogP contribution < -0.4 is 0 Å². The Morgan fingerprint density at radius 1 is 1.82 bits per heavy atom. The highest BCUT2D eigenvalue weighted by atomic mass is 32.1. The number of terminal acetylenes is 1. The Hall–Kier alpha value is -0.500.